The highest BCUT2D eigenvalue weighted by molar-refractivity contribution is 7.80. The summed E-state index contributed by atoms with van der Waals surface area (Å²) in [4.78, 5) is 6.80. The SMILES string of the molecule is C=CC1CN2CCC1CC2[C@@H](NC(=S)Nc1cc(C(F)(F)F)cc(C(F)(F)F)c1)c1ccnc2ccc(OC)cc12. The van der Waals surface area contributed by atoms with Gasteiger partial charge in [-0.1, -0.05) is 6.08 Å². The van der Waals surface area contributed by atoms with Crippen molar-refractivity contribution in [3.8, 4) is 5.75 Å². The van der Waals surface area contributed by atoms with E-state index in [0.29, 0.717) is 35.2 Å². The number of anilines is 1. The van der Waals surface area contributed by atoms with Crippen LogP contribution in [0.2, 0.25) is 0 Å². The molecule has 0 radical (unpaired) electrons. The molecular weight excluding hydrogens is 566 g/mol. The summed E-state index contributed by atoms with van der Waals surface area (Å²) >= 11 is 5.50. The first kappa shape index (κ1) is 29.1. The van der Waals surface area contributed by atoms with Gasteiger partial charge < -0.3 is 15.4 Å². The van der Waals surface area contributed by atoms with Gasteiger partial charge in [0, 0.05) is 29.9 Å². The molecule has 2 aromatic carbocycles. The zero-order valence-electron chi connectivity index (χ0n) is 22.0. The predicted molar refractivity (Wildman–Crippen MR) is 149 cm³/mol. The van der Waals surface area contributed by atoms with E-state index in [1.807, 2.05) is 24.3 Å². The number of fused-ring (bicyclic) bond motifs is 4. The highest BCUT2D eigenvalue weighted by Crippen LogP contribution is 2.43. The van der Waals surface area contributed by atoms with Crippen LogP contribution in [0.1, 0.15) is 35.6 Å². The van der Waals surface area contributed by atoms with E-state index in [9.17, 15) is 26.3 Å². The average Bonchev–Trinajstić information content (AvgIpc) is 2.94. The summed E-state index contributed by atoms with van der Waals surface area (Å²) in [5.74, 6) is 1.35. The third-order valence-corrected chi connectivity index (χ3v) is 8.21. The number of rotatable bonds is 6. The molecule has 5 atom stereocenters. The molecule has 2 bridgehead atoms. The van der Waals surface area contributed by atoms with Crippen LogP contribution < -0.4 is 15.4 Å². The molecule has 218 valence electrons. The molecule has 4 heterocycles. The van der Waals surface area contributed by atoms with Crippen molar-refractivity contribution in [2.75, 3.05) is 25.5 Å². The molecule has 12 heteroatoms. The first-order chi connectivity index (χ1) is 19.4. The minimum absolute atomic E-state index is 0.0475. The summed E-state index contributed by atoms with van der Waals surface area (Å²) in [5, 5.41) is 6.52. The van der Waals surface area contributed by atoms with Crippen LogP contribution in [0.4, 0.5) is 32.0 Å². The summed E-state index contributed by atoms with van der Waals surface area (Å²) in [5.41, 5.74) is -1.71. The fourth-order valence-corrected chi connectivity index (χ4v) is 6.23. The number of pyridine rings is 1. The molecule has 3 saturated heterocycles. The van der Waals surface area contributed by atoms with Gasteiger partial charge in [0.1, 0.15) is 5.75 Å². The zero-order chi connectivity index (χ0) is 29.5. The highest BCUT2D eigenvalue weighted by Gasteiger charge is 2.43. The van der Waals surface area contributed by atoms with Crippen molar-refractivity contribution in [3.63, 3.8) is 0 Å². The van der Waals surface area contributed by atoms with Gasteiger partial charge in [-0.15, -0.1) is 6.58 Å². The summed E-state index contributed by atoms with van der Waals surface area (Å²) < 4.78 is 86.0. The number of methoxy groups -OCH3 is 1. The van der Waals surface area contributed by atoms with Gasteiger partial charge >= 0.3 is 12.4 Å². The second-order valence-corrected chi connectivity index (χ2v) is 10.8. The third-order valence-electron chi connectivity index (χ3n) is 7.99. The maximum atomic E-state index is 13.4. The van der Waals surface area contributed by atoms with E-state index < -0.39 is 35.2 Å². The second-order valence-electron chi connectivity index (χ2n) is 10.4. The van der Waals surface area contributed by atoms with E-state index in [4.69, 9.17) is 17.0 Å². The normalized spacial score (nSPS) is 23.2. The lowest BCUT2D eigenvalue weighted by molar-refractivity contribution is -0.143. The molecule has 4 unspecified atom stereocenters. The molecular formula is C29H28F6N4OS. The highest BCUT2D eigenvalue weighted by atomic mass is 32.1. The van der Waals surface area contributed by atoms with Crippen molar-refractivity contribution in [2.24, 2.45) is 11.8 Å². The molecule has 41 heavy (non-hydrogen) atoms. The fraction of sp³-hybridized carbons (Fsp3) is 0.379. The van der Waals surface area contributed by atoms with Gasteiger partial charge in [0.05, 0.1) is 29.8 Å². The molecule has 1 aromatic heterocycles. The Kier molecular flexibility index (Phi) is 7.90. The van der Waals surface area contributed by atoms with Gasteiger partial charge in [0.2, 0.25) is 0 Å². The van der Waals surface area contributed by atoms with E-state index in [1.165, 1.54) is 0 Å². The first-order valence-corrected chi connectivity index (χ1v) is 13.4. The summed E-state index contributed by atoms with van der Waals surface area (Å²) in [6.45, 7) is 5.63. The smallest absolute Gasteiger partial charge is 0.416 e. The molecule has 3 fully saturated rings. The van der Waals surface area contributed by atoms with Crippen LogP contribution in [-0.2, 0) is 12.4 Å². The van der Waals surface area contributed by atoms with Crippen LogP contribution >= 0.6 is 12.2 Å². The Bertz CT molecular complexity index is 1430. The van der Waals surface area contributed by atoms with Gasteiger partial charge in [-0.05, 0) is 91.5 Å². The molecule has 6 rings (SSSR count). The van der Waals surface area contributed by atoms with Gasteiger partial charge in [-0.3, -0.25) is 9.88 Å². The minimum atomic E-state index is -4.97. The number of nitrogens with zero attached hydrogens (tertiary/aromatic N) is 2. The number of ether oxygens (including phenoxy) is 1. The molecule has 2 N–H and O–H groups in total. The Morgan fingerprint density at radius 3 is 2.39 bits per heavy atom. The summed E-state index contributed by atoms with van der Waals surface area (Å²) in [6.07, 6.45) is -4.48. The number of hydrogen-bond acceptors (Lipinski definition) is 4. The van der Waals surface area contributed by atoms with E-state index in [0.717, 1.165) is 36.9 Å². The zero-order valence-corrected chi connectivity index (χ0v) is 22.8. The van der Waals surface area contributed by atoms with Crippen LogP contribution in [0.5, 0.6) is 5.75 Å². The minimum Gasteiger partial charge on any atom is -0.497 e. The number of benzene rings is 2. The average molecular weight is 595 g/mol. The van der Waals surface area contributed by atoms with Gasteiger partial charge in [0.15, 0.2) is 5.11 Å². The molecule has 5 nitrogen and oxygen atoms in total. The van der Waals surface area contributed by atoms with Crippen molar-refractivity contribution in [2.45, 2.75) is 37.3 Å². The number of hydrogen-bond donors (Lipinski definition) is 2. The molecule has 0 spiro atoms. The Labute approximate surface area is 238 Å². The lowest BCUT2D eigenvalue weighted by atomic mass is 9.73. The number of aromatic nitrogens is 1. The van der Waals surface area contributed by atoms with Crippen LogP contribution in [0.25, 0.3) is 10.9 Å². The molecule has 0 saturated carbocycles. The van der Waals surface area contributed by atoms with Crippen molar-refractivity contribution in [1.82, 2.24) is 15.2 Å². The Balaban J connectivity index is 1.51. The van der Waals surface area contributed by atoms with Crippen molar-refractivity contribution in [1.29, 1.82) is 0 Å². The third kappa shape index (κ3) is 6.13. The standard InChI is InChI=1S/C29H28F6N4OS/c1-3-16-15-39-9-7-17(16)10-25(39)26(22-6-8-36-24-5-4-21(40-2)14-23(22)24)38-27(41)37-20-12-18(28(30,31)32)11-19(13-20)29(33,34)35/h3-6,8,11-14,16-17,25-26H,1,7,9-10,15H2,2H3,(H2,37,38,41)/t16?,17?,25?,26-/m0/s1. The van der Waals surface area contributed by atoms with Crippen LogP contribution in [-0.4, -0.2) is 41.2 Å². The van der Waals surface area contributed by atoms with E-state index in [-0.39, 0.29) is 17.2 Å². The molecule has 3 aliphatic heterocycles. The molecule has 3 aromatic rings. The Morgan fingerprint density at radius 1 is 1.10 bits per heavy atom. The van der Waals surface area contributed by atoms with Gasteiger partial charge in [-0.2, -0.15) is 26.3 Å². The number of thiocarbonyl (C=S) groups is 1. The quantitative estimate of drug-likeness (QED) is 0.179. The number of alkyl halides is 6. The van der Waals surface area contributed by atoms with Crippen LogP contribution in [0, 0.1) is 11.8 Å². The molecule has 0 aliphatic carbocycles. The topological polar surface area (TPSA) is 49.4 Å². The maximum Gasteiger partial charge on any atom is 0.416 e. The predicted octanol–water partition coefficient (Wildman–Crippen LogP) is 7.21. The summed E-state index contributed by atoms with van der Waals surface area (Å²) in [6, 6.07) is 8.15. The molecule has 0 amide bonds. The second kappa shape index (κ2) is 11.1. The molecule has 3 aliphatic rings. The van der Waals surface area contributed by atoms with Crippen molar-refractivity contribution >= 4 is 33.9 Å². The fourth-order valence-electron chi connectivity index (χ4n) is 5.99. The number of nitrogens with one attached hydrogen (secondary N) is 2. The summed E-state index contributed by atoms with van der Waals surface area (Å²) in [7, 11) is 1.55. The van der Waals surface area contributed by atoms with E-state index in [2.05, 4.69) is 27.1 Å². The van der Waals surface area contributed by atoms with E-state index in [1.54, 1.807) is 19.4 Å². The lowest BCUT2D eigenvalue weighted by Gasteiger charge is -2.52. The lowest BCUT2D eigenvalue weighted by Crippen LogP contribution is -2.57. The van der Waals surface area contributed by atoms with Crippen molar-refractivity contribution < 1.29 is 31.1 Å². The van der Waals surface area contributed by atoms with Crippen LogP contribution in [0.3, 0.4) is 0 Å². The van der Waals surface area contributed by atoms with Crippen LogP contribution in [0.15, 0.2) is 61.3 Å². The maximum absolute atomic E-state index is 13.4. The van der Waals surface area contributed by atoms with Gasteiger partial charge in [-0.25, -0.2) is 0 Å². The van der Waals surface area contributed by atoms with Crippen molar-refractivity contribution in [3.05, 3.63) is 78.0 Å². The Morgan fingerprint density at radius 2 is 1.80 bits per heavy atom. The van der Waals surface area contributed by atoms with E-state index >= 15 is 0 Å². The number of halogens is 6. The largest absolute Gasteiger partial charge is 0.497 e. The monoisotopic (exact) mass is 594 g/mol. The first-order valence-electron chi connectivity index (χ1n) is 13.0. The number of piperidine rings is 3. The van der Waals surface area contributed by atoms with Gasteiger partial charge in [0.25, 0.3) is 0 Å². The Hall–Kier alpha value is -3.38.